The first-order valence-corrected chi connectivity index (χ1v) is 7.74. The molecule has 2 aliphatic carbocycles. The van der Waals surface area contributed by atoms with Crippen LogP contribution in [0.2, 0.25) is 0 Å². The molecule has 5 heteroatoms. The zero-order valence-corrected chi connectivity index (χ0v) is 12.1. The average Bonchev–Trinajstić information content (AvgIpc) is 3.05. The standard InChI is InChI=1S/C15H24N2O3/c1-20-9-14(18)16-13-2-4-17(5-3-13)15(19)12-7-10-6-11(10)8-12/h10-13H,2-9H2,1H3,(H,16,18). The van der Waals surface area contributed by atoms with E-state index in [2.05, 4.69) is 5.32 Å². The van der Waals surface area contributed by atoms with Gasteiger partial charge in [-0.3, -0.25) is 9.59 Å². The number of piperidine rings is 1. The lowest BCUT2D eigenvalue weighted by Crippen LogP contribution is -2.48. The average molecular weight is 280 g/mol. The Bertz CT molecular complexity index is 381. The molecule has 112 valence electrons. The zero-order valence-electron chi connectivity index (χ0n) is 12.1. The van der Waals surface area contributed by atoms with Crippen LogP contribution in [0.5, 0.6) is 0 Å². The van der Waals surface area contributed by atoms with Crippen molar-refractivity contribution < 1.29 is 14.3 Å². The topological polar surface area (TPSA) is 58.6 Å². The highest BCUT2D eigenvalue weighted by Crippen LogP contribution is 2.54. The minimum atomic E-state index is -0.0619. The van der Waals surface area contributed by atoms with E-state index in [-0.39, 0.29) is 18.6 Å². The lowest BCUT2D eigenvalue weighted by molar-refractivity contribution is -0.137. The molecule has 3 fully saturated rings. The SMILES string of the molecule is COCC(=O)NC1CCN(C(=O)C2CC3CC3C2)CC1. The van der Waals surface area contributed by atoms with Gasteiger partial charge >= 0.3 is 0 Å². The van der Waals surface area contributed by atoms with Crippen LogP contribution in [0.15, 0.2) is 0 Å². The van der Waals surface area contributed by atoms with Crippen LogP contribution in [-0.2, 0) is 14.3 Å². The quantitative estimate of drug-likeness (QED) is 0.828. The number of amides is 2. The molecule has 3 aliphatic rings. The molecule has 0 spiro atoms. The van der Waals surface area contributed by atoms with Crippen LogP contribution in [0.25, 0.3) is 0 Å². The van der Waals surface area contributed by atoms with Crippen LogP contribution >= 0.6 is 0 Å². The number of ether oxygens (including phenoxy) is 1. The molecule has 2 atom stereocenters. The number of hydrogen-bond donors (Lipinski definition) is 1. The van der Waals surface area contributed by atoms with Crippen LogP contribution in [0.1, 0.15) is 32.1 Å². The van der Waals surface area contributed by atoms with Crippen molar-refractivity contribution in [2.75, 3.05) is 26.8 Å². The fourth-order valence-corrected chi connectivity index (χ4v) is 3.82. The fraction of sp³-hybridized carbons (Fsp3) is 0.867. The largest absolute Gasteiger partial charge is 0.375 e. The second kappa shape index (κ2) is 5.72. The number of nitrogens with one attached hydrogen (secondary N) is 1. The van der Waals surface area contributed by atoms with Gasteiger partial charge in [-0.1, -0.05) is 0 Å². The fourth-order valence-electron chi connectivity index (χ4n) is 3.82. The first-order valence-electron chi connectivity index (χ1n) is 7.74. The Labute approximate surface area is 120 Å². The molecular weight excluding hydrogens is 256 g/mol. The van der Waals surface area contributed by atoms with Gasteiger partial charge in [0.2, 0.25) is 11.8 Å². The minimum absolute atomic E-state index is 0.0619. The Balaban J connectivity index is 1.41. The van der Waals surface area contributed by atoms with Crippen LogP contribution in [-0.4, -0.2) is 49.6 Å². The van der Waals surface area contributed by atoms with E-state index in [4.69, 9.17) is 4.74 Å². The van der Waals surface area contributed by atoms with E-state index in [9.17, 15) is 9.59 Å². The van der Waals surface area contributed by atoms with E-state index in [0.717, 1.165) is 50.6 Å². The third kappa shape index (κ3) is 2.97. The summed E-state index contributed by atoms with van der Waals surface area (Å²) >= 11 is 0. The van der Waals surface area contributed by atoms with Crippen molar-refractivity contribution in [2.24, 2.45) is 17.8 Å². The molecule has 0 radical (unpaired) electrons. The second-order valence-electron chi connectivity index (χ2n) is 6.52. The smallest absolute Gasteiger partial charge is 0.246 e. The molecule has 0 aromatic carbocycles. The Morgan fingerprint density at radius 2 is 1.80 bits per heavy atom. The zero-order chi connectivity index (χ0) is 14.1. The van der Waals surface area contributed by atoms with Gasteiger partial charge in [-0.05, 0) is 43.9 Å². The Morgan fingerprint density at radius 1 is 1.15 bits per heavy atom. The number of likely N-dealkylation sites (tertiary alicyclic amines) is 1. The normalized spacial score (nSPS) is 32.9. The Morgan fingerprint density at radius 3 is 2.40 bits per heavy atom. The van der Waals surface area contributed by atoms with Crippen molar-refractivity contribution in [3.8, 4) is 0 Å². The number of carbonyl (C=O) groups excluding carboxylic acids is 2. The van der Waals surface area contributed by atoms with Crippen molar-refractivity contribution in [1.29, 1.82) is 0 Å². The van der Waals surface area contributed by atoms with Gasteiger partial charge in [-0.15, -0.1) is 0 Å². The predicted octanol–water partition coefficient (Wildman–Crippen LogP) is 0.786. The molecule has 1 aliphatic heterocycles. The van der Waals surface area contributed by atoms with Gasteiger partial charge < -0.3 is 15.0 Å². The van der Waals surface area contributed by atoms with Gasteiger partial charge in [0.05, 0.1) is 0 Å². The van der Waals surface area contributed by atoms with Gasteiger partial charge in [0.25, 0.3) is 0 Å². The first-order chi connectivity index (χ1) is 9.67. The number of fused-ring (bicyclic) bond motifs is 1. The molecule has 0 aromatic heterocycles. The third-order valence-corrected chi connectivity index (χ3v) is 5.04. The summed E-state index contributed by atoms with van der Waals surface area (Å²) < 4.78 is 4.81. The highest BCUT2D eigenvalue weighted by atomic mass is 16.5. The number of methoxy groups -OCH3 is 1. The summed E-state index contributed by atoms with van der Waals surface area (Å²) in [4.78, 5) is 25.9. The summed E-state index contributed by atoms with van der Waals surface area (Å²) in [6.07, 6.45) is 5.32. The molecule has 2 unspecified atom stereocenters. The summed E-state index contributed by atoms with van der Waals surface area (Å²) in [6, 6.07) is 0.193. The van der Waals surface area contributed by atoms with Crippen molar-refractivity contribution in [3.63, 3.8) is 0 Å². The highest BCUT2D eigenvalue weighted by Gasteiger charge is 2.48. The van der Waals surface area contributed by atoms with Gasteiger partial charge in [0, 0.05) is 32.2 Å². The van der Waals surface area contributed by atoms with Gasteiger partial charge in [-0.2, -0.15) is 0 Å². The Hall–Kier alpha value is -1.10. The molecule has 3 rings (SSSR count). The van der Waals surface area contributed by atoms with Crippen molar-refractivity contribution in [2.45, 2.75) is 38.1 Å². The predicted molar refractivity (Wildman–Crippen MR) is 73.9 cm³/mol. The molecule has 0 bridgehead atoms. The maximum atomic E-state index is 12.4. The molecule has 1 heterocycles. The number of rotatable bonds is 4. The maximum Gasteiger partial charge on any atom is 0.246 e. The van der Waals surface area contributed by atoms with Gasteiger partial charge in [0.15, 0.2) is 0 Å². The summed E-state index contributed by atoms with van der Waals surface area (Å²) in [5.74, 6) is 2.30. The number of nitrogens with zero attached hydrogens (tertiary/aromatic N) is 1. The summed E-state index contributed by atoms with van der Waals surface area (Å²) in [6.45, 7) is 1.68. The molecular formula is C15H24N2O3. The van der Waals surface area contributed by atoms with Crippen LogP contribution in [0.3, 0.4) is 0 Å². The second-order valence-corrected chi connectivity index (χ2v) is 6.52. The Kier molecular flexibility index (Phi) is 3.96. The third-order valence-electron chi connectivity index (χ3n) is 5.04. The van der Waals surface area contributed by atoms with Crippen molar-refractivity contribution in [3.05, 3.63) is 0 Å². The van der Waals surface area contributed by atoms with Crippen molar-refractivity contribution >= 4 is 11.8 Å². The molecule has 2 amide bonds. The highest BCUT2D eigenvalue weighted by molar-refractivity contribution is 5.80. The van der Waals surface area contributed by atoms with E-state index >= 15 is 0 Å². The number of hydrogen-bond acceptors (Lipinski definition) is 3. The molecule has 2 saturated carbocycles. The monoisotopic (exact) mass is 280 g/mol. The summed E-state index contributed by atoms with van der Waals surface area (Å²) in [7, 11) is 1.52. The minimum Gasteiger partial charge on any atom is -0.375 e. The van der Waals surface area contributed by atoms with E-state index in [1.807, 2.05) is 4.90 Å². The van der Waals surface area contributed by atoms with E-state index in [1.165, 1.54) is 13.5 Å². The van der Waals surface area contributed by atoms with E-state index in [1.54, 1.807) is 0 Å². The van der Waals surface area contributed by atoms with E-state index < -0.39 is 0 Å². The maximum absolute atomic E-state index is 12.4. The number of carbonyl (C=O) groups is 2. The molecule has 20 heavy (non-hydrogen) atoms. The van der Waals surface area contributed by atoms with Crippen molar-refractivity contribution in [1.82, 2.24) is 10.2 Å². The lowest BCUT2D eigenvalue weighted by Gasteiger charge is -2.34. The first kappa shape index (κ1) is 13.9. The van der Waals surface area contributed by atoms with E-state index in [0.29, 0.717) is 11.8 Å². The van der Waals surface area contributed by atoms with Gasteiger partial charge in [0.1, 0.15) is 6.61 Å². The molecule has 1 N–H and O–H groups in total. The van der Waals surface area contributed by atoms with Crippen LogP contribution in [0, 0.1) is 17.8 Å². The molecule has 5 nitrogen and oxygen atoms in total. The summed E-state index contributed by atoms with van der Waals surface area (Å²) in [5, 5.41) is 2.96. The molecule has 0 aromatic rings. The van der Waals surface area contributed by atoms with Crippen LogP contribution < -0.4 is 5.32 Å². The lowest BCUT2D eigenvalue weighted by atomic mass is 9.98. The van der Waals surface area contributed by atoms with Crippen LogP contribution in [0.4, 0.5) is 0 Å². The van der Waals surface area contributed by atoms with Gasteiger partial charge in [-0.25, -0.2) is 0 Å². The summed E-state index contributed by atoms with van der Waals surface area (Å²) in [5.41, 5.74) is 0. The molecule has 1 saturated heterocycles.